The maximum absolute atomic E-state index is 9.74. The molecule has 120 valence electrons. The van der Waals surface area contributed by atoms with E-state index in [1.54, 1.807) is 14.2 Å². The van der Waals surface area contributed by atoms with Crippen LogP contribution in [0.15, 0.2) is 12.1 Å². The molecule has 0 bridgehead atoms. The van der Waals surface area contributed by atoms with Crippen LogP contribution in [0.1, 0.15) is 5.56 Å². The molecule has 1 aromatic rings. The van der Waals surface area contributed by atoms with Crippen LogP contribution < -0.4 is 20.1 Å². The summed E-state index contributed by atoms with van der Waals surface area (Å²) >= 11 is 2.25. The predicted octanol–water partition coefficient (Wildman–Crippen LogP) is 1.40. The summed E-state index contributed by atoms with van der Waals surface area (Å²) in [4.78, 5) is 0. The number of hydrogen-bond donors (Lipinski definition) is 3. The van der Waals surface area contributed by atoms with Gasteiger partial charge in [-0.2, -0.15) is 0 Å². The van der Waals surface area contributed by atoms with Crippen molar-refractivity contribution < 1.29 is 14.6 Å². The van der Waals surface area contributed by atoms with Crippen LogP contribution in [0.5, 0.6) is 11.5 Å². The third-order valence-electron chi connectivity index (χ3n) is 3.53. The standard InChI is InChI=1S/C14H21IN2O3.ClH/c1-19-13-4-9(3-11(15)14(13)20-2)5-16-6-10-7-17-8-12(10)18;/h3-4,10,12,16-18H,5-8H2,1-2H3;1H. The summed E-state index contributed by atoms with van der Waals surface area (Å²) in [6.07, 6.45) is -0.243. The lowest BCUT2D eigenvalue weighted by Gasteiger charge is -2.15. The van der Waals surface area contributed by atoms with Gasteiger partial charge in [-0.1, -0.05) is 0 Å². The summed E-state index contributed by atoms with van der Waals surface area (Å²) in [7, 11) is 3.29. The van der Waals surface area contributed by atoms with E-state index in [-0.39, 0.29) is 24.4 Å². The van der Waals surface area contributed by atoms with E-state index >= 15 is 0 Å². The molecular weight excluding hydrogens is 407 g/mol. The number of β-amino-alcohol motifs (C(OH)–C–C–N with tert-alkyl or cyclic N) is 1. The minimum absolute atomic E-state index is 0. The first-order valence-corrected chi connectivity index (χ1v) is 7.73. The van der Waals surface area contributed by atoms with Crippen molar-refractivity contribution in [2.45, 2.75) is 12.6 Å². The van der Waals surface area contributed by atoms with Crippen molar-refractivity contribution in [3.63, 3.8) is 0 Å². The zero-order valence-corrected chi connectivity index (χ0v) is 15.2. The molecule has 1 aliphatic rings. The van der Waals surface area contributed by atoms with Crippen molar-refractivity contribution in [1.29, 1.82) is 0 Å². The monoisotopic (exact) mass is 428 g/mol. The third-order valence-corrected chi connectivity index (χ3v) is 4.33. The Morgan fingerprint density at radius 2 is 2.10 bits per heavy atom. The number of ether oxygens (including phenoxy) is 2. The van der Waals surface area contributed by atoms with E-state index in [2.05, 4.69) is 39.3 Å². The molecule has 0 amide bonds. The highest BCUT2D eigenvalue weighted by Gasteiger charge is 2.24. The number of hydrogen-bond acceptors (Lipinski definition) is 5. The van der Waals surface area contributed by atoms with Gasteiger partial charge in [0.25, 0.3) is 0 Å². The smallest absolute Gasteiger partial charge is 0.174 e. The van der Waals surface area contributed by atoms with Gasteiger partial charge in [-0.3, -0.25) is 0 Å². The number of aliphatic hydroxyl groups excluding tert-OH is 1. The van der Waals surface area contributed by atoms with E-state index in [9.17, 15) is 5.11 Å². The normalized spacial score (nSPS) is 21.0. The molecule has 2 rings (SSSR count). The second-order valence-electron chi connectivity index (χ2n) is 4.93. The van der Waals surface area contributed by atoms with E-state index in [4.69, 9.17) is 9.47 Å². The lowest BCUT2D eigenvalue weighted by molar-refractivity contribution is 0.146. The van der Waals surface area contributed by atoms with Crippen LogP contribution in [0.25, 0.3) is 0 Å². The molecule has 7 heteroatoms. The average Bonchev–Trinajstić information content (AvgIpc) is 2.84. The molecule has 1 aliphatic heterocycles. The zero-order chi connectivity index (χ0) is 14.5. The molecule has 1 heterocycles. The van der Waals surface area contributed by atoms with Crippen molar-refractivity contribution >= 4 is 35.0 Å². The van der Waals surface area contributed by atoms with E-state index in [1.807, 2.05) is 6.07 Å². The molecule has 1 aromatic carbocycles. The van der Waals surface area contributed by atoms with Crippen LogP contribution in [-0.4, -0.2) is 45.1 Å². The van der Waals surface area contributed by atoms with Crippen LogP contribution >= 0.6 is 35.0 Å². The van der Waals surface area contributed by atoms with Crippen LogP contribution in [0.3, 0.4) is 0 Å². The number of methoxy groups -OCH3 is 2. The minimum Gasteiger partial charge on any atom is -0.493 e. The fraction of sp³-hybridized carbons (Fsp3) is 0.571. The fourth-order valence-corrected chi connectivity index (χ4v) is 3.29. The molecule has 2 unspecified atom stereocenters. The highest BCUT2D eigenvalue weighted by Crippen LogP contribution is 2.33. The highest BCUT2D eigenvalue weighted by atomic mass is 127. The average molecular weight is 429 g/mol. The summed E-state index contributed by atoms with van der Waals surface area (Å²) in [5.74, 6) is 1.81. The van der Waals surface area contributed by atoms with Crippen LogP contribution in [0, 0.1) is 9.49 Å². The van der Waals surface area contributed by atoms with Gasteiger partial charge >= 0.3 is 0 Å². The van der Waals surface area contributed by atoms with Gasteiger partial charge in [0.15, 0.2) is 11.5 Å². The Bertz CT molecular complexity index is 462. The lowest BCUT2D eigenvalue weighted by atomic mass is 10.1. The summed E-state index contributed by atoms with van der Waals surface area (Å²) < 4.78 is 11.7. The van der Waals surface area contributed by atoms with Gasteiger partial charge < -0.3 is 25.2 Å². The Labute approximate surface area is 145 Å². The quantitative estimate of drug-likeness (QED) is 0.598. The van der Waals surface area contributed by atoms with E-state index in [1.165, 1.54) is 0 Å². The Morgan fingerprint density at radius 3 is 2.67 bits per heavy atom. The van der Waals surface area contributed by atoms with Gasteiger partial charge in [-0.25, -0.2) is 0 Å². The summed E-state index contributed by atoms with van der Waals surface area (Å²) in [5.41, 5.74) is 1.15. The lowest BCUT2D eigenvalue weighted by Crippen LogP contribution is -2.30. The van der Waals surface area contributed by atoms with Crippen LogP contribution in [0.2, 0.25) is 0 Å². The molecule has 2 atom stereocenters. The molecule has 5 nitrogen and oxygen atoms in total. The SMILES string of the molecule is COc1cc(CNCC2CNCC2O)cc(I)c1OC.Cl. The largest absolute Gasteiger partial charge is 0.493 e. The maximum atomic E-state index is 9.74. The number of nitrogens with one attached hydrogen (secondary N) is 2. The Hall–Kier alpha value is -0.280. The minimum atomic E-state index is -0.243. The van der Waals surface area contributed by atoms with Crippen molar-refractivity contribution in [2.75, 3.05) is 33.9 Å². The van der Waals surface area contributed by atoms with Crippen molar-refractivity contribution in [3.8, 4) is 11.5 Å². The molecule has 21 heavy (non-hydrogen) atoms. The highest BCUT2D eigenvalue weighted by molar-refractivity contribution is 14.1. The predicted molar refractivity (Wildman–Crippen MR) is 93.6 cm³/mol. The van der Waals surface area contributed by atoms with Crippen molar-refractivity contribution in [1.82, 2.24) is 10.6 Å². The van der Waals surface area contributed by atoms with Crippen LogP contribution in [-0.2, 0) is 6.54 Å². The number of benzene rings is 1. The van der Waals surface area contributed by atoms with Gasteiger partial charge in [0.05, 0.1) is 23.9 Å². The van der Waals surface area contributed by atoms with Gasteiger partial charge in [0.1, 0.15) is 0 Å². The summed E-state index contributed by atoms with van der Waals surface area (Å²) in [6, 6.07) is 4.07. The van der Waals surface area contributed by atoms with E-state index < -0.39 is 0 Å². The summed E-state index contributed by atoms with van der Waals surface area (Å²) in [5, 5.41) is 16.3. The Balaban J connectivity index is 0.00000220. The molecule has 1 saturated heterocycles. The van der Waals surface area contributed by atoms with Crippen molar-refractivity contribution in [3.05, 3.63) is 21.3 Å². The second-order valence-corrected chi connectivity index (χ2v) is 6.09. The zero-order valence-electron chi connectivity index (χ0n) is 12.2. The maximum Gasteiger partial charge on any atom is 0.174 e. The molecule has 0 aliphatic carbocycles. The first kappa shape index (κ1) is 18.8. The van der Waals surface area contributed by atoms with Gasteiger partial charge in [0.2, 0.25) is 0 Å². The Morgan fingerprint density at radius 1 is 1.33 bits per heavy atom. The van der Waals surface area contributed by atoms with Crippen molar-refractivity contribution in [2.24, 2.45) is 5.92 Å². The van der Waals surface area contributed by atoms with E-state index in [0.29, 0.717) is 6.54 Å². The van der Waals surface area contributed by atoms with Gasteiger partial charge in [-0.15, -0.1) is 12.4 Å². The number of halogens is 2. The molecule has 3 N–H and O–H groups in total. The van der Waals surface area contributed by atoms with Crippen LogP contribution in [0.4, 0.5) is 0 Å². The fourth-order valence-electron chi connectivity index (χ4n) is 2.40. The topological polar surface area (TPSA) is 62.8 Å². The molecule has 1 fully saturated rings. The number of rotatable bonds is 6. The van der Waals surface area contributed by atoms with Gasteiger partial charge in [0, 0.05) is 32.1 Å². The molecular formula is C14H22ClIN2O3. The van der Waals surface area contributed by atoms with E-state index in [0.717, 1.165) is 40.3 Å². The molecule has 0 spiro atoms. The Kier molecular flexibility index (Phi) is 8.04. The third kappa shape index (κ3) is 4.85. The number of aliphatic hydroxyl groups is 1. The molecule has 0 aromatic heterocycles. The molecule has 0 saturated carbocycles. The second kappa shape index (κ2) is 8.99. The molecule has 0 radical (unpaired) electrons. The first-order chi connectivity index (χ1) is 9.65. The summed E-state index contributed by atoms with van der Waals surface area (Å²) in [6.45, 7) is 3.12. The first-order valence-electron chi connectivity index (χ1n) is 6.65. The van der Waals surface area contributed by atoms with Gasteiger partial charge in [-0.05, 0) is 40.3 Å².